The van der Waals surface area contributed by atoms with Crippen molar-refractivity contribution in [2.24, 2.45) is 0 Å². The van der Waals surface area contributed by atoms with Gasteiger partial charge in [0.25, 0.3) is 0 Å². The number of carboxylic acid groups (broad SMARTS) is 1. The molecule has 0 amide bonds. The second-order valence-electron chi connectivity index (χ2n) is 2.08. The van der Waals surface area contributed by atoms with E-state index in [9.17, 15) is 4.79 Å². The maximum absolute atomic E-state index is 10.1. The molecule has 0 saturated heterocycles. The number of carbonyl (C=O) groups is 1. The molecule has 1 radical (unpaired) electrons. The summed E-state index contributed by atoms with van der Waals surface area (Å²) >= 11 is 0. The maximum atomic E-state index is 10.1. The van der Waals surface area contributed by atoms with Crippen LogP contribution in [0.1, 0.15) is 6.42 Å². The molecule has 0 fully saturated rings. The molecular weight excluding hydrogens is 158 g/mol. The first-order valence-corrected chi connectivity index (χ1v) is 3.44. The molecule has 0 atom stereocenters. The Bertz CT molecular complexity index is 250. The summed E-state index contributed by atoms with van der Waals surface area (Å²) in [7, 11) is 0. The van der Waals surface area contributed by atoms with E-state index in [4.69, 9.17) is 5.11 Å². The standard InChI is InChI=1S/C7H8N3O2/c11-6(12)2-5-10-7-8-3-1-4-9-7/h1,3H,2,5H2,(H,11,12)(H,8,9,10). The molecular formula is C7H8N3O2. The second kappa shape index (κ2) is 4.27. The van der Waals surface area contributed by atoms with Crippen molar-refractivity contribution in [3.63, 3.8) is 0 Å². The lowest BCUT2D eigenvalue weighted by Crippen LogP contribution is -2.09. The van der Waals surface area contributed by atoms with Crippen molar-refractivity contribution in [3.8, 4) is 0 Å². The van der Waals surface area contributed by atoms with Crippen molar-refractivity contribution >= 4 is 11.9 Å². The van der Waals surface area contributed by atoms with Crippen molar-refractivity contribution in [1.82, 2.24) is 9.97 Å². The van der Waals surface area contributed by atoms with E-state index >= 15 is 0 Å². The predicted molar refractivity (Wildman–Crippen MR) is 41.6 cm³/mol. The highest BCUT2D eigenvalue weighted by Gasteiger charge is 1.96. The van der Waals surface area contributed by atoms with E-state index in [0.29, 0.717) is 12.5 Å². The van der Waals surface area contributed by atoms with Gasteiger partial charge in [0.1, 0.15) is 0 Å². The summed E-state index contributed by atoms with van der Waals surface area (Å²) in [5.41, 5.74) is 0. The fourth-order valence-corrected chi connectivity index (χ4v) is 0.635. The number of hydrogen-bond acceptors (Lipinski definition) is 4. The van der Waals surface area contributed by atoms with E-state index in [-0.39, 0.29) is 6.42 Å². The molecule has 12 heavy (non-hydrogen) atoms. The fraction of sp³-hybridized carbons (Fsp3) is 0.286. The van der Waals surface area contributed by atoms with Crippen LogP contribution in [0.2, 0.25) is 0 Å². The van der Waals surface area contributed by atoms with Crippen molar-refractivity contribution in [2.75, 3.05) is 11.9 Å². The van der Waals surface area contributed by atoms with Crippen molar-refractivity contribution in [2.45, 2.75) is 6.42 Å². The molecule has 0 aliphatic rings. The van der Waals surface area contributed by atoms with E-state index in [1.807, 2.05) is 0 Å². The Kier molecular flexibility index (Phi) is 3.01. The van der Waals surface area contributed by atoms with Gasteiger partial charge < -0.3 is 10.4 Å². The molecule has 1 aromatic heterocycles. The van der Waals surface area contributed by atoms with Crippen LogP contribution in [-0.4, -0.2) is 27.6 Å². The third-order valence-electron chi connectivity index (χ3n) is 1.14. The lowest BCUT2D eigenvalue weighted by molar-refractivity contribution is -0.136. The zero-order valence-corrected chi connectivity index (χ0v) is 6.32. The molecule has 5 nitrogen and oxygen atoms in total. The summed E-state index contributed by atoms with van der Waals surface area (Å²) in [5.74, 6) is -0.443. The summed E-state index contributed by atoms with van der Waals surface area (Å²) < 4.78 is 0. The fourth-order valence-electron chi connectivity index (χ4n) is 0.635. The monoisotopic (exact) mass is 166 g/mol. The second-order valence-corrected chi connectivity index (χ2v) is 2.08. The van der Waals surface area contributed by atoms with Gasteiger partial charge in [-0.25, -0.2) is 9.97 Å². The molecule has 0 aliphatic carbocycles. The quantitative estimate of drug-likeness (QED) is 0.666. The summed E-state index contributed by atoms with van der Waals surface area (Å²) in [6, 6.07) is 1.57. The first-order chi connectivity index (χ1) is 5.79. The van der Waals surface area contributed by atoms with Crippen LogP contribution < -0.4 is 5.32 Å². The number of aliphatic carboxylic acids is 1. The minimum atomic E-state index is -0.845. The third-order valence-corrected chi connectivity index (χ3v) is 1.14. The predicted octanol–water partition coefficient (Wildman–Crippen LogP) is 0.163. The number of nitrogens with one attached hydrogen (secondary N) is 1. The Morgan fingerprint density at radius 2 is 2.58 bits per heavy atom. The van der Waals surface area contributed by atoms with Gasteiger partial charge in [0.2, 0.25) is 5.95 Å². The first kappa shape index (κ1) is 8.45. The molecule has 0 spiro atoms. The minimum absolute atomic E-state index is 0.0538. The summed E-state index contributed by atoms with van der Waals surface area (Å²) in [6.07, 6.45) is 4.17. The lowest BCUT2D eigenvalue weighted by atomic mass is 10.4. The van der Waals surface area contributed by atoms with Gasteiger partial charge in [0.15, 0.2) is 0 Å². The number of anilines is 1. The van der Waals surface area contributed by atoms with Crippen molar-refractivity contribution in [3.05, 3.63) is 18.5 Å². The van der Waals surface area contributed by atoms with Crippen LogP contribution in [0.25, 0.3) is 0 Å². The van der Waals surface area contributed by atoms with Crippen LogP contribution in [-0.2, 0) is 4.79 Å². The molecule has 0 aliphatic heterocycles. The van der Waals surface area contributed by atoms with Gasteiger partial charge in [-0.3, -0.25) is 4.79 Å². The zero-order valence-electron chi connectivity index (χ0n) is 6.32. The number of rotatable bonds is 4. The summed E-state index contributed by atoms with van der Waals surface area (Å²) in [4.78, 5) is 17.7. The topological polar surface area (TPSA) is 75.1 Å². The van der Waals surface area contributed by atoms with Crippen LogP contribution in [0.15, 0.2) is 12.3 Å². The van der Waals surface area contributed by atoms with Gasteiger partial charge in [0, 0.05) is 12.7 Å². The number of nitrogens with zero attached hydrogens (tertiary/aromatic N) is 2. The average molecular weight is 166 g/mol. The summed E-state index contributed by atoms with van der Waals surface area (Å²) in [6.45, 7) is 0.327. The van der Waals surface area contributed by atoms with E-state index in [1.54, 1.807) is 6.07 Å². The number of hydrogen-bond donors (Lipinski definition) is 2. The average Bonchev–Trinajstić information content (AvgIpc) is 2.05. The van der Waals surface area contributed by atoms with Crippen molar-refractivity contribution < 1.29 is 9.90 Å². The molecule has 5 heteroatoms. The Morgan fingerprint density at radius 1 is 1.75 bits per heavy atom. The smallest absolute Gasteiger partial charge is 0.305 e. The highest BCUT2D eigenvalue weighted by atomic mass is 16.4. The molecule has 0 bridgehead atoms. The van der Waals surface area contributed by atoms with Crippen LogP contribution in [0.5, 0.6) is 0 Å². The van der Waals surface area contributed by atoms with E-state index in [0.717, 1.165) is 0 Å². The molecule has 0 unspecified atom stereocenters. The highest BCUT2D eigenvalue weighted by Crippen LogP contribution is 1.92. The molecule has 0 aromatic carbocycles. The number of aromatic nitrogens is 2. The van der Waals surface area contributed by atoms with Crippen molar-refractivity contribution in [1.29, 1.82) is 0 Å². The summed E-state index contributed by atoms with van der Waals surface area (Å²) in [5, 5.41) is 11.0. The van der Waals surface area contributed by atoms with Crippen LogP contribution in [0.3, 0.4) is 0 Å². The minimum Gasteiger partial charge on any atom is -0.481 e. The Labute approximate surface area is 69.5 Å². The van der Waals surface area contributed by atoms with Gasteiger partial charge in [-0.05, 0) is 6.07 Å². The highest BCUT2D eigenvalue weighted by molar-refractivity contribution is 5.67. The molecule has 0 saturated carbocycles. The normalized spacial score (nSPS) is 9.33. The van der Waals surface area contributed by atoms with E-state index < -0.39 is 5.97 Å². The number of carboxylic acids is 1. The van der Waals surface area contributed by atoms with E-state index in [1.165, 1.54) is 6.20 Å². The third kappa shape index (κ3) is 2.96. The molecule has 63 valence electrons. The Morgan fingerprint density at radius 3 is 3.17 bits per heavy atom. The molecule has 1 aromatic rings. The van der Waals surface area contributed by atoms with Gasteiger partial charge in [-0.2, -0.15) is 0 Å². The van der Waals surface area contributed by atoms with Gasteiger partial charge in [-0.1, -0.05) is 0 Å². The van der Waals surface area contributed by atoms with Crippen LogP contribution in [0.4, 0.5) is 5.95 Å². The van der Waals surface area contributed by atoms with E-state index in [2.05, 4.69) is 21.5 Å². The largest absolute Gasteiger partial charge is 0.481 e. The SMILES string of the molecule is O=C(O)CCNc1n[c]ccn1. The molecule has 2 N–H and O–H groups in total. The Balaban J connectivity index is 2.29. The van der Waals surface area contributed by atoms with Crippen LogP contribution in [0, 0.1) is 6.20 Å². The first-order valence-electron chi connectivity index (χ1n) is 3.44. The Hall–Kier alpha value is -1.65. The van der Waals surface area contributed by atoms with Gasteiger partial charge in [-0.15, -0.1) is 0 Å². The van der Waals surface area contributed by atoms with Gasteiger partial charge >= 0.3 is 5.97 Å². The lowest BCUT2D eigenvalue weighted by Gasteiger charge is -1.99. The molecule has 1 rings (SSSR count). The zero-order chi connectivity index (χ0) is 8.81. The van der Waals surface area contributed by atoms with Crippen LogP contribution >= 0.6 is 0 Å². The van der Waals surface area contributed by atoms with Gasteiger partial charge in [0.05, 0.1) is 12.6 Å². The molecule has 1 heterocycles. The maximum Gasteiger partial charge on any atom is 0.305 e.